The third-order valence-corrected chi connectivity index (χ3v) is 4.47. The van der Waals surface area contributed by atoms with E-state index < -0.39 is 4.92 Å². The first-order chi connectivity index (χ1) is 11.5. The average Bonchev–Trinajstić information content (AvgIpc) is 2.57. The number of halogens is 1. The highest BCUT2D eigenvalue weighted by Gasteiger charge is 2.23. The van der Waals surface area contributed by atoms with Crippen molar-refractivity contribution in [1.29, 1.82) is 0 Å². The van der Waals surface area contributed by atoms with Crippen LogP contribution in [0, 0.1) is 17.0 Å². The number of benzene rings is 1. The third kappa shape index (κ3) is 3.59. The molecule has 0 saturated carbocycles. The summed E-state index contributed by atoms with van der Waals surface area (Å²) in [6.07, 6.45) is 3.14. The summed E-state index contributed by atoms with van der Waals surface area (Å²) in [5.74, 6) is 1.48. The Labute approximate surface area is 145 Å². The Bertz CT molecular complexity index is 746. The standard InChI is InChI=1S/C17H18ClN3O3/c1-12-10-17(19-11-15(12)21(22)23)20-8-6-13(7-9-20)24-16-5-3-2-4-14(16)18/h2-5,10-11,13H,6-9H2,1H3. The number of para-hydroxylation sites is 1. The van der Waals surface area contributed by atoms with E-state index >= 15 is 0 Å². The Morgan fingerprint density at radius 2 is 2.04 bits per heavy atom. The van der Waals surface area contributed by atoms with Gasteiger partial charge in [0.25, 0.3) is 5.69 Å². The molecule has 1 aliphatic rings. The molecule has 7 heteroatoms. The molecule has 2 heterocycles. The molecule has 2 aromatic rings. The fourth-order valence-corrected chi connectivity index (χ4v) is 3.00. The lowest BCUT2D eigenvalue weighted by atomic mass is 10.1. The molecule has 0 bridgehead atoms. The Morgan fingerprint density at radius 3 is 2.67 bits per heavy atom. The Kier molecular flexibility index (Phi) is 4.85. The summed E-state index contributed by atoms with van der Waals surface area (Å²) in [6.45, 7) is 3.31. The van der Waals surface area contributed by atoms with E-state index in [2.05, 4.69) is 9.88 Å². The van der Waals surface area contributed by atoms with Crippen LogP contribution in [0.4, 0.5) is 11.5 Å². The molecule has 0 unspecified atom stereocenters. The minimum Gasteiger partial charge on any atom is -0.489 e. The molecule has 1 aromatic carbocycles. The van der Waals surface area contributed by atoms with Crippen molar-refractivity contribution in [1.82, 2.24) is 4.98 Å². The molecular weight excluding hydrogens is 330 g/mol. The number of nitro groups is 1. The van der Waals surface area contributed by atoms with Gasteiger partial charge in [0.2, 0.25) is 0 Å². The maximum absolute atomic E-state index is 10.9. The van der Waals surface area contributed by atoms with Gasteiger partial charge in [-0.25, -0.2) is 4.98 Å². The van der Waals surface area contributed by atoms with Crippen molar-refractivity contribution in [2.75, 3.05) is 18.0 Å². The molecule has 6 nitrogen and oxygen atoms in total. The normalized spacial score (nSPS) is 15.3. The van der Waals surface area contributed by atoms with Crippen molar-refractivity contribution >= 4 is 23.1 Å². The van der Waals surface area contributed by atoms with Crippen LogP contribution in [-0.4, -0.2) is 29.1 Å². The van der Waals surface area contributed by atoms with E-state index in [0.29, 0.717) is 16.3 Å². The van der Waals surface area contributed by atoms with E-state index in [1.54, 1.807) is 13.0 Å². The maximum Gasteiger partial charge on any atom is 0.290 e. The molecule has 0 spiro atoms. The van der Waals surface area contributed by atoms with Gasteiger partial charge in [0.05, 0.1) is 9.95 Å². The number of ether oxygens (including phenoxy) is 1. The summed E-state index contributed by atoms with van der Waals surface area (Å²) in [6, 6.07) is 9.24. The van der Waals surface area contributed by atoms with Gasteiger partial charge in [-0.2, -0.15) is 0 Å². The summed E-state index contributed by atoms with van der Waals surface area (Å²) in [5, 5.41) is 11.5. The van der Waals surface area contributed by atoms with E-state index in [0.717, 1.165) is 31.7 Å². The van der Waals surface area contributed by atoms with Crippen LogP contribution >= 0.6 is 11.6 Å². The predicted octanol–water partition coefficient (Wildman–Crippen LogP) is 4.00. The second-order valence-electron chi connectivity index (χ2n) is 5.82. The molecule has 1 saturated heterocycles. The number of piperidine rings is 1. The van der Waals surface area contributed by atoms with Crippen molar-refractivity contribution in [2.45, 2.75) is 25.9 Å². The van der Waals surface area contributed by atoms with E-state index in [4.69, 9.17) is 16.3 Å². The van der Waals surface area contributed by atoms with Crippen molar-refractivity contribution in [3.8, 4) is 5.75 Å². The maximum atomic E-state index is 10.9. The lowest BCUT2D eigenvalue weighted by Gasteiger charge is -2.33. The van der Waals surface area contributed by atoms with E-state index in [-0.39, 0.29) is 11.8 Å². The molecule has 1 fully saturated rings. The quantitative estimate of drug-likeness (QED) is 0.617. The number of pyridine rings is 1. The highest BCUT2D eigenvalue weighted by atomic mass is 35.5. The van der Waals surface area contributed by atoms with Gasteiger partial charge in [-0.05, 0) is 25.1 Å². The van der Waals surface area contributed by atoms with Gasteiger partial charge in [-0.15, -0.1) is 0 Å². The van der Waals surface area contributed by atoms with Crippen LogP contribution in [0.3, 0.4) is 0 Å². The summed E-state index contributed by atoms with van der Waals surface area (Å²) in [7, 11) is 0. The Morgan fingerprint density at radius 1 is 1.33 bits per heavy atom. The molecule has 0 atom stereocenters. The van der Waals surface area contributed by atoms with Gasteiger partial charge in [0.1, 0.15) is 23.9 Å². The summed E-state index contributed by atoms with van der Waals surface area (Å²) >= 11 is 6.13. The summed E-state index contributed by atoms with van der Waals surface area (Å²) in [4.78, 5) is 16.8. The first kappa shape index (κ1) is 16.5. The lowest BCUT2D eigenvalue weighted by Crippen LogP contribution is -2.38. The van der Waals surface area contributed by atoms with Crippen LogP contribution < -0.4 is 9.64 Å². The molecule has 0 radical (unpaired) electrons. The zero-order valence-electron chi connectivity index (χ0n) is 13.3. The summed E-state index contributed by atoms with van der Waals surface area (Å²) < 4.78 is 5.98. The average molecular weight is 348 g/mol. The Hall–Kier alpha value is -2.34. The van der Waals surface area contributed by atoms with Gasteiger partial charge in [-0.3, -0.25) is 10.1 Å². The largest absolute Gasteiger partial charge is 0.489 e. The van der Waals surface area contributed by atoms with Crippen LogP contribution in [-0.2, 0) is 0 Å². The monoisotopic (exact) mass is 347 g/mol. The Balaban J connectivity index is 1.62. The minimum absolute atomic E-state index is 0.0516. The fourth-order valence-electron chi connectivity index (χ4n) is 2.82. The smallest absolute Gasteiger partial charge is 0.290 e. The van der Waals surface area contributed by atoms with Crippen molar-refractivity contribution < 1.29 is 9.66 Å². The molecule has 0 amide bonds. The molecule has 24 heavy (non-hydrogen) atoms. The molecule has 0 aliphatic carbocycles. The van der Waals surface area contributed by atoms with Crippen molar-refractivity contribution in [3.63, 3.8) is 0 Å². The molecule has 3 rings (SSSR count). The van der Waals surface area contributed by atoms with Crippen LogP contribution in [0.25, 0.3) is 0 Å². The molecule has 1 aromatic heterocycles. The number of anilines is 1. The van der Waals surface area contributed by atoms with Crippen LogP contribution in [0.15, 0.2) is 36.5 Å². The first-order valence-corrected chi connectivity index (χ1v) is 8.19. The van der Waals surface area contributed by atoms with Gasteiger partial charge >= 0.3 is 0 Å². The molecule has 0 N–H and O–H groups in total. The van der Waals surface area contributed by atoms with Gasteiger partial charge < -0.3 is 9.64 Å². The number of hydrogen-bond acceptors (Lipinski definition) is 5. The minimum atomic E-state index is -0.407. The lowest BCUT2D eigenvalue weighted by molar-refractivity contribution is -0.385. The number of aromatic nitrogens is 1. The van der Waals surface area contributed by atoms with E-state index in [9.17, 15) is 10.1 Å². The highest BCUT2D eigenvalue weighted by Crippen LogP contribution is 2.28. The second kappa shape index (κ2) is 7.05. The highest BCUT2D eigenvalue weighted by molar-refractivity contribution is 6.32. The number of rotatable bonds is 4. The first-order valence-electron chi connectivity index (χ1n) is 7.82. The third-order valence-electron chi connectivity index (χ3n) is 4.16. The molecular formula is C17H18ClN3O3. The number of nitrogens with zero attached hydrogens (tertiary/aromatic N) is 3. The zero-order valence-corrected chi connectivity index (χ0v) is 14.1. The molecule has 1 aliphatic heterocycles. The van der Waals surface area contributed by atoms with Crippen LogP contribution in [0.1, 0.15) is 18.4 Å². The second-order valence-corrected chi connectivity index (χ2v) is 6.23. The SMILES string of the molecule is Cc1cc(N2CCC(Oc3ccccc3Cl)CC2)ncc1[N+](=O)[O-]. The number of aryl methyl sites for hydroxylation is 1. The zero-order chi connectivity index (χ0) is 17.1. The van der Waals surface area contributed by atoms with Crippen LogP contribution in [0.5, 0.6) is 5.75 Å². The van der Waals surface area contributed by atoms with Crippen LogP contribution in [0.2, 0.25) is 5.02 Å². The van der Waals surface area contributed by atoms with Gasteiger partial charge in [0.15, 0.2) is 0 Å². The van der Waals surface area contributed by atoms with E-state index in [1.165, 1.54) is 6.20 Å². The topological polar surface area (TPSA) is 68.5 Å². The predicted molar refractivity (Wildman–Crippen MR) is 92.9 cm³/mol. The van der Waals surface area contributed by atoms with Gasteiger partial charge in [-0.1, -0.05) is 23.7 Å². The number of hydrogen-bond donors (Lipinski definition) is 0. The van der Waals surface area contributed by atoms with Crippen molar-refractivity contribution in [3.05, 3.63) is 57.2 Å². The van der Waals surface area contributed by atoms with Crippen molar-refractivity contribution in [2.24, 2.45) is 0 Å². The van der Waals surface area contributed by atoms with E-state index in [1.807, 2.05) is 24.3 Å². The summed E-state index contributed by atoms with van der Waals surface area (Å²) in [5.41, 5.74) is 0.676. The molecule has 126 valence electrons. The fraction of sp³-hybridized carbons (Fsp3) is 0.353. The van der Waals surface area contributed by atoms with Gasteiger partial charge in [0, 0.05) is 31.5 Å².